The molecule has 204 valence electrons. The molecule has 1 aliphatic carbocycles. The molecule has 1 fully saturated rings. The molecule has 2 amide bonds. The van der Waals surface area contributed by atoms with Crippen molar-refractivity contribution in [1.29, 1.82) is 0 Å². The Hall–Kier alpha value is -3.99. The number of carbonyl (C=O) groups is 2. The van der Waals surface area contributed by atoms with Crippen molar-refractivity contribution in [1.82, 2.24) is 30.0 Å². The maximum absolute atomic E-state index is 13.3. The predicted octanol–water partition coefficient (Wildman–Crippen LogP) is 2.86. The smallest absolute Gasteiger partial charge is 0.410 e. The van der Waals surface area contributed by atoms with Gasteiger partial charge in [0.25, 0.3) is 5.91 Å². The van der Waals surface area contributed by atoms with E-state index in [1.807, 2.05) is 43.8 Å². The molecular weight excluding hydrogens is 500 g/mol. The van der Waals surface area contributed by atoms with E-state index < -0.39 is 11.1 Å². The average Bonchev–Trinajstić information content (AvgIpc) is 3.25. The van der Waals surface area contributed by atoms with Gasteiger partial charge in [-0.25, -0.2) is 4.79 Å². The number of methoxy groups -OCH3 is 1. The molecule has 0 aromatic carbocycles. The average molecular weight is 533 g/mol. The number of aryl methyl sites for hydroxylation is 1. The van der Waals surface area contributed by atoms with Crippen molar-refractivity contribution in [3.63, 3.8) is 0 Å². The molecule has 0 atom stereocenters. The zero-order chi connectivity index (χ0) is 27.4. The highest BCUT2D eigenvalue weighted by atomic mass is 16.6. The van der Waals surface area contributed by atoms with E-state index in [1.54, 1.807) is 24.4 Å². The number of amides is 2. The summed E-state index contributed by atoms with van der Waals surface area (Å²) in [5.41, 5.74) is 4.90. The fourth-order valence-electron chi connectivity index (χ4n) is 5.47. The number of pyridine rings is 2. The lowest BCUT2D eigenvalue weighted by Crippen LogP contribution is -2.75. The number of ether oxygens (including phenoxy) is 3. The van der Waals surface area contributed by atoms with Crippen LogP contribution in [0.3, 0.4) is 0 Å². The van der Waals surface area contributed by atoms with E-state index in [1.165, 1.54) is 0 Å². The Morgan fingerprint density at radius 2 is 1.92 bits per heavy atom. The zero-order valence-electron chi connectivity index (χ0n) is 22.6. The number of fused-ring (bicyclic) bond motifs is 5. The van der Waals surface area contributed by atoms with E-state index in [2.05, 4.69) is 15.3 Å². The normalized spacial score (nSPS) is 17.0. The molecule has 5 heterocycles. The summed E-state index contributed by atoms with van der Waals surface area (Å²) in [5, 5.41) is 8.10. The summed E-state index contributed by atoms with van der Waals surface area (Å²) in [6.45, 7) is 7.71. The monoisotopic (exact) mass is 532 g/mol. The van der Waals surface area contributed by atoms with Crippen LogP contribution in [0, 0.1) is 0 Å². The van der Waals surface area contributed by atoms with Gasteiger partial charge in [0.1, 0.15) is 23.7 Å². The minimum atomic E-state index is -0.570. The van der Waals surface area contributed by atoms with Gasteiger partial charge in [-0.15, -0.1) is 0 Å². The van der Waals surface area contributed by atoms with Gasteiger partial charge in [0.15, 0.2) is 0 Å². The summed E-state index contributed by atoms with van der Waals surface area (Å²) in [6.07, 6.45) is 6.42. The van der Waals surface area contributed by atoms with Crippen molar-refractivity contribution in [2.45, 2.75) is 51.3 Å². The highest BCUT2D eigenvalue weighted by Crippen LogP contribution is 2.39. The standard InChI is InChI=1S/C28H32N6O5/c1-27(2,3)39-26(36)33-14-28(15-33)16-34-24(25(35)31-28)20-6-5-17-12-30-22(10-21(17)23(20)32-34)18-9-19(13-29-11-18)38-8-7-37-4/h9-13H,5-8,14-16H2,1-4H3,(H,31,35). The lowest BCUT2D eigenvalue weighted by atomic mass is 9.86. The molecule has 3 aromatic heterocycles. The van der Waals surface area contributed by atoms with E-state index in [9.17, 15) is 9.59 Å². The highest BCUT2D eigenvalue weighted by Gasteiger charge is 2.51. The van der Waals surface area contributed by atoms with Gasteiger partial charge < -0.3 is 24.4 Å². The number of aromatic nitrogens is 4. The Kier molecular flexibility index (Phi) is 6.05. The summed E-state index contributed by atoms with van der Waals surface area (Å²) in [5.74, 6) is 0.492. The first-order valence-corrected chi connectivity index (χ1v) is 13.1. The van der Waals surface area contributed by atoms with E-state index in [4.69, 9.17) is 19.3 Å². The predicted molar refractivity (Wildman–Crippen MR) is 141 cm³/mol. The lowest BCUT2D eigenvalue weighted by molar-refractivity contribution is -0.0231. The van der Waals surface area contributed by atoms with Crippen molar-refractivity contribution in [3.05, 3.63) is 47.5 Å². The number of rotatable bonds is 5. The largest absolute Gasteiger partial charge is 0.490 e. The number of carbonyl (C=O) groups excluding carboxylic acids is 2. The third-order valence-corrected chi connectivity index (χ3v) is 7.19. The van der Waals surface area contributed by atoms with Crippen LogP contribution in [0.4, 0.5) is 4.79 Å². The van der Waals surface area contributed by atoms with Gasteiger partial charge in [-0.05, 0) is 51.3 Å². The lowest BCUT2D eigenvalue weighted by Gasteiger charge is -2.51. The maximum atomic E-state index is 13.3. The first kappa shape index (κ1) is 25.3. The third-order valence-electron chi connectivity index (χ3n) is 7.19. The molecule has 11 nitrogen and oxygen atoms in total. The molecule has 1 N–H and O–H groups in total. The van der Waals surface area contributed by atoms with Crippen molar-refractivity contribution < 1.29 is 23.8 Å². The van der Waals surface area contributed by atoms with Gasteiger partial charge >= 0.3 is 6.09 Å². The zero-order valence-corrected chi connectivity index (χ0v) is 22.6. The van der Waals surface area contributed by atoms with Gasteiger partial charge in [-0.2, -0.15) is 5.10 Å². The molecular formula is C28H32N6O5. The highest BCUT2D eigenvalue weighted by molar-refractivity contribution is 5.98. The topological polar surface area (TPSA) is 121 Å². The molecule has 0 saturated carbocycles. The molecule has 6 rings (SSSR count). The molecule has 0 radical (unpaired) electrons. The Morgan fingerprint density at radius 3 is 2.69 bits per heavy atom. The minimum absolute atomic E-state index is 0.151. The van der Waals surface area contributed by atoms with Gasteiger partial charge in [-0.1, -0.05) is 0 Å². The second kappa shape index (κ2) is 9.33. The van der Waals surface area contributed by atoms with E-state index in [0.717, 1.165) is 40.1 Å². The summed E-state index contributed by atoms with van der Waals surface area (Å²) >= 11 is 0. The van der Waals surface area contributed by atoms with E-state index in [0.29, 0.717) is 50.7 Å². The molecule has 0 unspecified atom stereocenters. The Balaban J connectivity index is 1.26. The Morgan fingerprint density at radius 1 is 1.10 bits per heavy atom. The van der Waals surface area contributed by atoms with Crippen LogP contribution in [0.1, 0.15) is 42.4 Å². The third kappa shape index (κ3) is 4.71. The molecule has 3 aromatic rings. The van der Waals surface area contributed by atoms with Gasteiger partial charge in [0.05, 0.1) is 49.4 Å². The molecule has 3 aliphatic rings. The summed E-state index contributed by atoms with van der Waals surface area (Å²) in [6, 6.07) is 3.92. The van der Waals surface area contributed by atoms with Gasteiger partial charge in [-0.3, -0.25) is 19.4 Å². The van der Waals surface area contributed by atoms with Crippen molar-refractivity contribution >= 4 is 12.0 Å². The number of likely N-dealkylation sites (tertiary alicyclic amines) is 1. The molecule has 39 heavy (non-hydrogen) atoms. The second-order valence-corrected chi connectivity index (χ2v) is 11.4. The summed E-state index contributed by atoms with van der Waals surface area (Å²) < 4.78 is 18.1. The fraction of sp³-hybridized carbons (Fsp3) is 0.464. The van der Waals surface area contributed by atoms with Gasteiger partial charge in [0, 0.05) is 36.2 Å². The van der Waals surface area contributed by atoms with Gasteiger partial charge in [0.2, 0.25) is 0 Å². The van der Waals surface area contributed by atoms with Crippen LogP contribution in [0.15, 0.2) is 30.7 Å². The van der Waals surface area contributed by atoms with Crippen LogP contribution in [0.25, 0.3) is 22.5 Å². The number of nitrogens with zero attached hydrogens (tertiary/aromatic N) is 5. The molecule has 1 spiro atoms. The molecule has 1 saturated heterocycles. The fourth-order valence-corrected chi connectivity index (χ4v) is 5.47. The molecule has 2 aliphatic heterocycles. The van der Waals surface area contributed by atoms with E-state index >= 15 is 0 Å². The number of hydrogen-bond acceptors (Lipinski definition) is 8. The SMILES string of the molecule is COCCOc1cncc(-c2cc3c(cn2)CCc2c-3nn3c2C(=O)NC2(CN(C(=O)OC(C)(C)C)C2)C3)c1. The number of nitrogens with one attached hydrogen (secondary N) is 1. The van der Waals surface area contributed by atoms with Crippen LogP contribution in [0.2, 0.25) is 0 Å². The van der Waals surface area contributed by atoms with E-state index in [-0.39, 0.29) is 12.0 Å². The maximum Gasteiger partial charge on any atom is 0.410 e. The van der Waals surface area contributed by atoms with Crippen LogP contribution < -0.4 is 10.1 Å². The first-order valence-electron chi connectivity index (χ1n) is 13.1. The van der Waals surface area contributed by atoms with Crippen LogP contribution in [0.5, 0.6) is 5.75 Å². The number of hydrogen-bond donors (Lipinski definition) is 1. The van der Waals surface area contributed by atoms with Crippen molar-refractivity contribution in [2.24, 2.45) is 0 Å². The van der Waals surface area contributed by atoms with Crippen molar-refractivity contribution in [2.75, 3.05) is 33.4 Å². The summed E-state index contributed by atoms with van der Waals surface area (Å²) in [4.78, 5) is 36.4. The quantitative estimate of drug-likeness (QED) is 0.498. The van der Waals surface area contributed by atoms with Crippen LogP contribution in [-0.4, -0.2) is 81.2 Å². The minimum Gasteiger partial charge on any atom is -0.490 e. The van der Waals surface area contributed by atoms with Crippen LogP contribution in [-0.2, 0) is 28.9 Å². The van der Waals surface area contributed by atoms with Crippen LogP contribution >= 0.6 is 0 Å². The Bertz CT molecular complexity index is 1450. The second-order valence-electron chi connectivity index (χ2n) is 11.4. The van der Waals surface area contributed by atoms with Crippen molar-refractivity contribution in [3.8, 4) is 28.3 Å². The molecule has 11 heteroatoms. The summed E-state index contributed by atoms with van der Waals surface area (Å²) in [7, 11) is 1.63. The molecule has 0 bridgehead atoms. The Labute approximate surface area is 226 Å². The first-order chi connectivity index (χ1) is 18.6.